The molecule has 3 amide bonds. The first-order chi connectivity index (χ1) is 28.1. The summed E-state index contributed by atoms with van der Waals surface area (Å²) < 4.78 is 31.0. The molecule has 2 saturated heterocycles. The van der Waals surface area contributed by atoms with Crippen LogP contribution >= 0.6 is 0 Å². The molecule has 2 aromatic carbocycles. The lowest BCUT2D eigenvalue weighted by Gasteiger charge is -2.46. The number of hydrogen-bond donors (Lipinski definition) is 4. The van der Waals surface area contributed by atoms with Gasteiger partial charge in [-0.2, -0.15) is 0 Å². The summed E-state index contributed by atoms with van der Waals surface area (Å²) in [6.07, 6.45) is 9.96. The Kier molecular flexibility index (Phi) is 11.5. The number of primary amides is 1. The third kappa shape index (κ3) is 8.45. The first kappa shape index (κ1) is 39.1. The van der Waals surface area contributed by atoms with Gasteiger partial charge in [-0.25, -0.2) is 18.7 Å². The summed E-state index contributed by atoms with van der Waals surface area (Å²) in [6.45, 7) is 2.95. The molecule has 0 radical (unpaired) electrons. The van der Waals surface area contributed by atoms with E-state index in [9.17, 15) is 19.2 Å². The highest BCUT2D eigenvalue weighted by molar-refractivity contribution is 6.01. The number of aromatic nitrogens is 3. The van der Waals surface area contributed by atoms with Gasteiger partial charge in [0.1, 0.15) is 17.6 Å². The minimum atomic E-state index is -0.580. The molecule has 2 aliphatic carbocycles. The number of carbonyl (C=O) groups is 3. The van der Waals surface area contributed by atoms with Gasteiger partial charge in [0.05, 0.1) is 11.9 Å². The summed E-state index contributed by atoms with van der Waals surface area (Å²) in [7, 11) is 0. The monoisotopic (exact) mass is 793 g/mol. The molecule has 2 saturated carbocycles. The van der Waals surface area contributed by atoms with Crippen molar-refractivity contribution in [2.75, 3.05) is 41.3 Å². The number of rotatable bonds is 10. The van der Waals surface area contributed by atoms with Gasteiger partial charge in [0.2, 0.25) is 23.7 Å². The van der Waals surface area contributed by atoms with Gasteiger partial charge in [-0.15, -0.1) is 0 Å². The maximum atomic E-state index is 15.6. The Morgan fingerprint density at radius 2 is 1.55 bits per heavy atom. The van der Waals surface area contributed by atoms with Gasteiger partial charge in [0.15, 0.2) is 5.82 Å². The summed E-state index contributed by atoms with van der Waals surface area (Å²) in [4.78, 5) is 67.3. The lowest BCUT2D eigenvalue weighted by atomic mass is 9.82. The van der Waals surface area contributed by atoms with Crippen molar-refractivity contribution in [1.82, 2.24) is 25.2 Å². The zero-order valence-corrected chi connectivity index (χ0v) is 32.3. The largest absolute Gasteiger partial charge is 0.374 e. The number of nitrogens with two attached hydrogens (primary N) is 1. The minimum absolute atomic E-state index is 0.0636. The van der Waals surface area contributed by atoms with E-state index in [2.05, 4.69) is 35.3 Å². The standard InChI is InChI=1S/C43H49F2N9O4/c44-34-24-29(49-36-15-17-38(55)50-42(36)58)8-16-37(34)53-21-19-52(20-22-53)30-11-13-32(14-12-30)54(31-9-6-26(7-10-31)40(46)56)43-48-25-35(45)39(51-43)28-4-1-3-27(23-28)33-5-2-18-47-41(33)57/h1-5,8,16,18,23-26,30-32,36,49H,6-7,9-15,17,19-22H2,(H2,46,56)(H,47,57)(H,50,55,58)/t26?,30?,31?,32?,36-/m1/s1. The van der Waals surface area contributed by atoms with Crippen molar-refractivity contribution in [3.63, 3.8) is 0 Å². The summed E-state index contributed by atoms with van der Waals surface area (Å²) >= 11 is 0. The summed E-state index contributed by atoms with van der Waals surface area (Å²) in [5.41, 5.74) is 8.33. The first-order valence-corrected chi connectivity index (χ1v) is 20.4. The predicted octanol–water partition coefficient (Wildman–Crippen LogP) is 4.98. The molecule has 2 aromatic heterocycles. The number of amides is 3. The lowest BCUT2D eigenvalue weighted by Crippen LogP contribution is -2.54. The number of piperazine rings is 1. The van der Waals surface area contributed by atoms with E-state index >= 15 is 8.78 Å². The number of carbonyl (C=O) groups excluding carboxylic acids is 3. The molecule has 0 spiro atoms. The number of halogens is 2. The molecule has 4 fully saturated rings. The number of aromatic amines is 1. The van der Waals surface area contributed by atoms with Crippen LogP contribution in [0.25, 0.3) is 22.4 Å². The van der Waals surface area contributed by atoms with Crippen molar-refractivity contribution >= 4 is 35.0 Å². The van der Waals surface area contributed by atoms with E-state index in [1.807, 2.05) is 6.07 Å². The Morgan fingerprint density at radius 1 is 0.828 bits per heavy atom. The van der Waals surface area contributed by atoms with E-state index in [4.69, 9.17) is 10.7 Å². The topological polar surface area (TPSA) is 170 Å². The SMILES string of the molecule is NC(=O)C1CCC(N(c2ncc(F)c(-c3cccc(-c4ccc[nH]c4=O)c3)n2)C2CCC(N3CCN(c4ccc(N[C@@H]5CCC(=O)NC5=O)cc4F)CC3)CC2)CC1. The van der Waals surface area contributed by atoms with Crippen molar-refractivity contribution in [2.45, 2.75) is 88.4 Å². The summed E-state index contributed by atoms with van der Waals surface area (Å²) in [5.74, 6) is -1.59. The fourth-order valence-corrected chi connectivity index (χ4v) is 9.35. The maximum Gasteiger partial charge on any atom is 0.255 e. The molecule has 2 aliphatic heterocycles. The molecule has 5 N–H and O–H groups in total. The third-order valence-corrected chi connectivity index (χ3v) is 12.5. The number of nitrogens with zero attached hydrogens (tertiary/aromatic N) is 5. The normalized spacial score (nSPS) is 24.2. The van der Waals surface area contributed by atoms with E-state index in [-0.39, 0.29) is 53.3 Å². The Hall–Kier alpha value is -5.70. The first-order valence-electron chi connectivity index (χ1n) is 20.4. The maximum absolute atomic E-state index is 15.6. The van der Waals surface area contributed by atoms with Gasteiger partial charge in [0.25, 0.3) is 5.56 Å². The van der Waals surface area contributed by atoms with Crippen LogP contribution in [0.15, 0.2) is 71.8 Å². The predicted molar refractivity (Wildman–Crippen MR) is 217 cm³/mol. The number of imide groups is 1. The Morgan fingerprint density at radius 3 is 2.24 bits per heavy atom. The van der Waals surface area contributed by atoms with Crippen molar-refractivity contribution < 1.29 is 23.2 Å². The zero-order valence-electron chi connectivity index (χ0n) is 32.3. The van der Waals surface area contributed by atoms with Gasteiger partial charge >= 0.3 is 0 Å². The van der Waals surface area contributed by atoms with Crippen molar-refractivity contribution in [2.24, 2.45) is 11.7 Å². The summed E-state index contributed by atoms with van der Waals surface area (Å²) in [6, 6.07) is 15.5. The molecule has 1 atom stereocenters. The van der Waals surface area contributed by atoms with Crippen molar-refractivity contribution in [1.29, 1.82) is 0 Å². The number of pyridine rings is 1. The Bertz CT molecular complexity index is 2210. The van der Waals surface area contributed by atoms with E-state index in [1.54, 1.807) is 48.7 Å². The average molecular weight is 794 g/mol. The van der Waals surface area contributed by atoms with E-state index in [0.717, 1.165) is 51.6 Å². The van der Waals surface area contributed by atoms with Crippen LogP contribution in [0, 0.1) is 17.6 Å². The van der Waals surface area contributed by atoms with Crippen LogP contribution in [-0.4, -0.2) is 87.9 Å². The van der Waals surface area contributed by atoms with E-state index in [0.29, 0.717) is 72.4 Å². The number of piperidine rings is 1. The Balaban J connectivity index is 0.939. The highest BCUT2D eigenvalue weighted by Gasteiger charge is 2.37. The second-order valence-electron chi connectivity index (χ2n) is 16.0. The highest BCUT2D eigenvalue weighted by atomic mass is 19.1. The second-order valence-corrected chi connectivity index (χ2v) is 16.0. The van der Waals surface area contributed by atoms with Crippen LogP contribution in [0.3, 0.4) is 0 Å². The highest BCUT2D eigenvalue weighted by Crippen LogP contribution is 2.37. The molecule has 4 aliphatic rings. The molecule has 13 nitrogen and oxygen atoms in total. The van der Waals surface area contributed by atoms with Gasteiger partial charge in [-0.3, -0.25) is 29.4 Å². The number of hydrogen-bond acceptors (Lipinski definition) is 10. The molecular weight excluding hydrogens is 745 g/mol. The molecular formula is C43H49F2N9O4. The molecule has 304 valence electrons. The van der Waals surface area contributed by atoms with Crippen LogP contribution < -0.4 is 31.7 Å². The molecule has 0 bridgehead atoms. The second kappa shape index (κ2) is 17.0. The molecule has 4 heterocycles. The number of nitrogens with one attached hydrogen (secondary N) is 3. The Labute approximate surface area is 335 Å². The van der Waals surface area contributed by atoms with Gasteiger partial charge in [-0.1, -0.05) is 18.2 Å². The zero-order chi connectivity index (χ0) is 40.3. The van der Waals surface area contributed by atoms with Gasteiger partial charge in [-0.05, 0) is 99.7 Å². The molecule has 58 heavy (non-hydrogen) atoms. The number of H-pyrrole nitrogens is 1. The molecule has 4 aromatic rings. The van der Waals surface area contributed by atoms with Gasteiger partial charge < -0.3 is 25.8 Å². The average Bonchev–Trinajstić information content (AvgIpc) is 3.23. The van der Waals surface area contributed by atoms with Crippen molar-refractivity contribution in [3.05, 3.63) is 89.0 Å². The molecule has 8 rings (SSSR count). The fraction of sp³-hybridized carbons (Fsp3) is 0.442. The lowest BCUT2D eigenvalue weighted by molar-refractivity contribution is -0.133. The fourth-order valence-electron chi connectivity index (χ4n) is 9.35. The smallest absolute Gasteiger partial charge is 0.255 e. The molecule has 15 heteroatoms. The molecule has 0 unspecified atom stereocenters. The number of benzene rings is 2. The third-order valence-electron chi connectivity index (χ3n) is 12.5. The van der Waals surface area contributed by atoms with Crippen LogP contribution in [0.1, 0.15) is 64.2 Å². The van der Waals surface area contributed by atoms with Gasteiger partial charge in [0, 0.05) is 79.7 Å². The van der Waals surface area contributed by atoms with Crippen LogP contribution in [0.4, 0.5) is 26.1 Å². The van der Waals surface area contributed by atoms with Crippen LogP contribution in [0.2, 0.25) is 0 Å². The quantitative estimate of drug-likeness (QED) is 0.161. The number of anilines is 3. The van der Waals surface area contributed by atoms with E-state index in [1.165, 1.54) is 12.3 Å². The van der Waals surface area contributed by atoms with Crippen molar-refractivity contribution in [3.8, 4) is 22.4 Å². The summed E-state index contributed by atoms with van der Waals surface area (Å²) in [5, 5.41) is 5.38. The van der Waals surface area contributed by atoms with Crippen LogP contribution in [0.5, 0.6) is 0 Å². The minimum Gasteiger partial charge on any atom is -0.374 e. The van der Waals surface area contributed by atoms with E-state index < -0.39 is 17.8 Å². The van der Waals surface area contributed by atoms with Crippen LogP contribution in [-0.2, 0) is 14.4 Å².